The fourth-order valence-electron chi connectivity index (χ4n) is 2.96. The minimum atomic E-state index is -3.48. The Bertz CT molecular complexity index is 891. The Morgan fingerprint density at radius 3 is 2.70 bits per heavy atom. The highest BCUT2D eigenvalue weighted by Gasteiger charge is 2.27. The number of methoxy groups -OCH3 is 1. The number of hydrogen-bond acceptors (Lipinski definition) is 6. The molecule has 27 heavy (non-hydrogen) atoms. The number of carbonyl (C=O) groups excluding carboxylic acids is 1. The van der Waals surface area contributed by atoms with E-state index >= 15 is 0 Å². The van der Waals surface area contributed by atoms with Gasteiger partial charge >= 0.3 is 6.03 Å². The lowest BCUT2D eigenvalue weighted by Crippen LogP contribution is -2.38. The van der Waals surface area contributed by atoms with Crippen molar-refractivity contribution in [3.63, 3.8) is 0 Å². The van der Waals surface area contributed by atoms with E-state index in [9.17, 15) is 13.2 Å². The number of hydrogen-bond donors (Lipinski definition) is 2. The first-order chi connectivity index (χ1) is 13.0. The summed E-state index contributed by atoms with van der Waals surface area (Å²) in [6, 6.07) is 4.56. The van der Waals surface area contributed by atoms with Crippen molar-refractivity contribution in [2.45, 2.75) is 24.3 Å². The van der Waals surface area contributed by atoms with E-state index in [1.165, 1.54) is 4.31 Å². The van der Waals surface area contributed by atoms with Crippen LogP contribution in [-0.4, -0.2) is 73.6 Å². The normalized spacial score (nSPS) is 15.3. The summed E-state index contributed by atoms with van der Waals surface area (Å²) in [5.41, 5.74) is 1.23. The highest BCUT2D eigenvalue weighted by molar-refractivity contribution is 7.89. The zero-order valence-electron chi connectivity index (χ0n) is 15.2. The van der Waals surface area contributed by atoms with Crippen LogP contribution in [-0.2, 0) is 21.3 Å². The van der Waals surface area contributed by atoms with Gasteiger partial charge in [0, 0.05) is 33.3 Å². The third kappa shape index (κ3) is 4.54. The highest BCUT2D eigenvalue weighted by atomic mass is 32.2. The van der Waals surface area contributed by atoms with Crippen LogP contribution in [0.15, 0.2) is 23.1 Å². The molecule has 1 aliphatic heterocycles. The molecular weight excluding hydrogens is 372 g/mol. The van der Waals surface area contributed by atoms with Gasteiger partial charge in [0.15, 0.2) is 0 Å². The molecule has 11 heteroatoms. The summed E-state index contributed by atoms with van der Waals surface area (Å²) >= 11 is 0. The minimum Gasteiger partial charge on any atom is -0.383 e. The van der Waals surface area contributed by atoms with Gasteiger partial charge in [-0.3, -0.25) is 0 Å². The van der Waals surface area contributed by atoms with Crippen molar-refractivity contribution < 1.29 is 17.9 Å². The zero-order valence-corrected chi connectivity index (χ0v) is 16.0. The van der Waals surface area contributed by atoms with Crippen molar-refractivity contribution in [3.05, 3.63) is 18.2 Å². The van der Waals surface area contributed by atoms with Gasteiger partial charge in [0.25, 0.3) is 0 Å². The Morgan fingerprint density at radius 2 is 1.96 bits per heavy atom. The SMILES string of the molecule is COCCNC(=O)NCCn1nnc2cc(S(=O)(=O)N3CCCC3)ccc21. The van der Waals surface area contributed by atoms with Gasteiger partial charge in [0.2, 0.25) is 10.0 Å². The highest BCUT2D eigenvalue weighted by Crippen LogP contribution is 2.23. The average Bonchev–Trinajstić information content (AvgIpc) is 3.32. The van der Waals surface area contributed by atoms with Crippen LogP contribution < -0.4 is 10.6 Å². The molecule has 2 aromatic rings. The van der Waals surface area contributed by atoms with Crippen molar-refractivity contribution in [2.24, 2.45) is 0 Å². The largest absolute Gasteiger partial charge is 0.383 e. The monoisotopic (exact) mass is 396 g/mol. The molecule has 0 saturated carbocycles. The van der Waals surface area contributed by atoms with E-state index in [2.05, 4.69) is 20.9 Å². The molecule has 0 radical (unpaired) electrons. The molecule has 0 unspecified atom stereocenters. The van der Waals surface area contributed by atoms with Gasteiger partial charge in [0.05, 0.1) is 23.6 Å². The number of carbonyl (C=O) groups is 1. The smallest absolute Gasteiger partial charge is 0.314 e. The summed E-state index contributed by atoms with van der Waals surface area (Å²) in [7, 11) is -1.91. The molecule has 0 bridgehead atoms. The first kappa shape index (κ1) is 19.5. The third-order valence-corrected chi connectivity index (χ3v) is 6.28. The predicted molar refractivity (Wildman–Crippen MR) is 98.8 cm³/mol. The molecule has 1 fully saturated rings. The Kier molecular flexibility index (Phi) is 6.24. The molecule has 1 aromatic carbocycles. The number of ether oxygens (including phenoxy) is 1. The summed E-state index contributed by atoms with van der Waals surface area (Å²) in [6.45, 7) is 2.79. The zero-order chi connectivity index (χ0) is 19.3. The molecule has 148 valence electrons. The number of amides is 2. The lowest BCUT2D eigenvalue weighted by Gasteiger charge is -2.15. The summed E-state index contributed by atoms with van der Waals surface area (Å²) in [5.74, 6) is 0. The number of fused-ring (bicyclic) bond motifs is 1. The second-order valence-electron chi connectivity index (χ2n) is 6.25. The average molecular weight is 396 g/mol. The van der Waals surface area contributed by atoms with Crippen molar-refractivity contribution in [3.8, 4) is 0 Å². The van der Waals surface area contributed by atoms with Crippen LogP contribution >= 0.6 is 0 Å². The number of sulfonamides is 1. The lowest BCUT2D eigenvalue weighted by atomic mass is 10.3. The number of nitrogens with one attached hydrogen (secondary N) is 2. The maximum atomic E-state index is 12.6. The van der Waals surface area contributed by atoms with Crippen LogP contribution in [0.3, 0.4) is 0 Å². The van der Waals surface area contributed by atoms with Gasteiger partial charge in [-0.25, -0.2) is 17.9 Å². The van der Waals surface area contributed by atoms with Crippen molar-refractivity contribution >= 4 is 27.1 Å². The summed E-state index contributed by atoms with van der Waals surface area (Å²) in [4.78, 5) is 11.8. The first-order valence-corrected chi connectivity index (χ1v) is 10.3. The van der Waals surface area contributed by atoms with E-state index in [4.69, 9.17) is 4.74 Å². The van der Waals surface area contributed by atoms with Crippen LogP contribution in [0.1, 0.15) is 12.8 Å². The quantitative estimate of drug-likeness (QED) is 0.614. The Balaban J connectivity index is 1.63. The van der Waals surface area contributed by atoms with E-state index in [0.29, 0.717) is 44.8 Å². The number of nitrogens with zero attached hydrogens (tertiary/aromatic N) is 4. The van der Waals surface area contributed by atoms with Gasteiger partial charge in [-0.15, -0.1) is 5.10 Å². The van der Waals surface area contributed by atoms with Crippen LogP contribution in [0.25, 0.3) is 11.0 Å². The number of urea groups is 1. The van der Waals surface area contributed by atoms with Gasteiger partial charge in [-0.1, -0.05) is 5.21 Å². The van der Waals surface area contributed by atoms with Crippen LogP contribution in [0.5, 0.6) is 0 Å². The van der Waals surface area contributed by atoms with E-state index < -0.39 is 10.0 Å². The summed E-state index contributed by atoms with van der Waals surface area (Å²) in [6.07, 6.45) is 1.79. The molecule has 0 spiro atoms. The standard InChI is InChI=1S/C16H24N6O4S/c1-26-11-7-18-16(23)17-6-10-22-15-5-4-13(12-14(15)19-20-22)27(24,25)21-8-2-3-9-21/h4-5,12H,2-3,6-11H2,1H3,(H2,17,18,23). The molecule has 2 heterocycles. The maximum Gasteiger partial charge on any atom is 0.314 e. The number of rotatable bonds is 8. The molecular formula is C16H24N6O4S. The Hall–Kier alpha value is -2.24. The first-order valence-electron chi connectivity index (χ1n) is 8.86. The fraction of sp³-hybridized carbons (Fsp3) is 0.562. The second-order valence-corrected chi connectivity index (χ2v) is 8.19. The third-order valence-electron chi connectivity index (χ3n) is 4.39. The molecule has 10 nitrogen and oxygen atoms in total. The van der Waals surface area contributed by atoms with Crippen molar-refractivity contribution in [1.29, 1.82) is 0 Å². The topological polar surface area (TPSA) is 118 Å². The van der Waals surface area contributed by atoms with Crippen LogP contribution in [0.4, 0.5) is 4.79 Å². The molecule has 1 saturated heterocycles. The summed E-state index contributed by atoms with van der Waals surface area (Å²) < 4.78 is 33.3. The Morgan fingerprint density at radius 1 is 1.22 bits per heavy atom. The van der Waals surface area contributed by atoms with Crippen molar-refractivity contribution in [2.75, 3.05) is 39.9 Å². The predicted octanol–water partition coefficient (Wildman–Crippen LogP) is 0.161. The van der Waals surface area contributed by atoms with Gasteiger partial charge < -0.3 is 15.4 Å². The van der Waals surface area contributed by atoms with E-state index in [-0.39, 0.29) is 10.9 Å². The maximum absolute atomic E-state index is 12.6. The molecule has 1 aromatic heterocycles. The molecule has 2 amide bonds. The van der Waals surface area contributed by atoms with Crippen molar-refractivity contribution in [1.82, 2.24) is 29.9 Å². The fourth-order valence-corrected chi connectivity index (χ4v) is 4.50. The molecule has 3 rings (SSSR count). The number of aromatic nitrogens is 3. The molecule has 1 aliphatic rings. The van der Waals surface area contributed by atoms with E-state index in [0.717, 1.165) is 18.4 Å². The van der Waals surface area contributed by atoms with E-state index in [1.54, 1.807) is 30.0 Å². The molecule has 0 atom stereocenters. The van der Waals surface area contributed by atoms with Gasteiger partial charge in [0.1, 0.15) is 5.52 Å². The number of benzene rings is 1. The lowest BCUT2D eigenvalue weighted by molar-refractivity contribution is 0.196. The van der Waals surface area contributed by atoms with Gasteiger partial charge in [-0.2, -0.15) is 4.31 Å². The van der Waals surface area contributed by atoms with Crippen LogP contribution in [0.2, 0.25) is 0 Å². The Labute approximate surface area is 157 Å². The minimum absolute atomic E-state index is 0.236. The van der Waals surface area contributed by atoms with Gasteiger partial charge in [-0.05, 0) is 31.0 Å². The summed E-state index contributed by atoms with van der Waals surface area (Å²) in [5, 5.41) is 13.5. The van der Waals surface area contributed by atoms with Crippen LogP contribution in [0, 0.1) is 0 Å². The molecule has 2 N–H and O–H groups in total. The van der Waals surface area contributed by atoms with E-state index in [1.807, 2.05) is 0 Å². The molecule has 0 aliphatic carbocycles. The second kappa shape index (κ2) is 8.63.